The molecule has 24 heavy (non-hydrogen) atoms. The number of allylic oxidation sites excluding steroid dienone is 5. The summed E-state index contributed by atoms with van der Waals surface area (Å²) in [5.74, 6) is 0.287. The van der Waals surface area contributed by atoms with Gasteiger partial charge in [0.25, 0.3) is 0 Å². The van der Waals surface area contributed by atoms with Gasteiger partial charge in [0.05, 0.1) is 6.26 Å². The van der Waals surface area contributed by atoms with Gasteiger partial charge in [-0.2, -0.15) is 0 Å². The molecule has 0 radical (unpaired) electrons. The van der Waals surface area contributed by atoms with Crippen LogP contribution in [0.1, 0.15) is 27.2 Å². The van der Waals surface area contributed by atoms with Crippen molar-refractivity contribution in [1.29, 1.82) is 0 Å². The third kappa shape index (κ3) is 3.93. The largest absolute Gasteiger partial charge is 0.465 e. The summed E-state index contributed by atoms with van der Waals surface area (Å²) >= 11 is 0. The molecule has 0 aromatic rings. The van der Waals surface area contributed by atoms with Gasteiger partial charge in [-0.25, -0.2) is 0 Å². The minimum absolute atomic E-state index is 0.158. The van der Waals surface area contributed by atoms with E-state index in [9.17, 15) is 15.0 Å². The van der Waals surface area contributed by atoms with Gasteiger partial charge in [0, 0.05) is 12.2 Å². The van der Waals surface area contributed by atoms with Gasteiger partial charge in [-0.1, -0.05) is 24.6 Å². The highest BCUT2D eigenvalue weighted by Gasteiger charge is 2.44. The molecule has 2 aliphatic rings. The second-order valence-corrected chi connectivity index (χ2v) is 6.49. The Hall–Kier alpha value is -1.95. The summed E-state index contributed by atoms with van der Waals surface area (Å²) in [4.78, 5) is 11.9. The lowest BCUT2D eigenvalue weighted by Gasteiger charge is -2.34. The van der Waals surface area contributed by atoms with Crippen molar-refractivity contribution in [1.82, 2.24) is 0 Å². The van der Waals surface area contributed by atoms with E-state index in [1.165, 1.54) is 19.3 Å². The van der Waals surface area contributed by atoms with Crippen LogP contribution in [0.4, 0.5) is 0 Å². The molecule has 3 N–H and O–H groups in total. The smallest absolute Gasteiger partial charge is 0.190 e. The summed E-state index contributed by atoms with van der Waals surface area (Å²) in [5.41, 5.74) is 0.134. The van der Waals surface area contributed by atoms with Gasteiger partial charge in [-0.15, -0.1) is 0 Å². The number of ether oxygens (including phenoxy) is 1. The first-order chi connectivity index (χ1) is 11.3. The van der Waals surface area contributed by atoms with Gasteiger partial charge >= 0.3 is 0 Å². The van der Waals surface area contributed by atoms with Crippen molar-refractivity contribution in [3.05, 3.63) is 59.1 Å². The van der Waals surface area contributed by atoms with Gasteiger partial charge in [0.1, 0.15) is 11.9 Å². The Morgan fingerprint density at radius 2 is 2.17 bits per heavy atom. The van der Waals surface area contributed by atoms with Crippen molar-refractivity contribution in [2.24, 2.45) is 5.92 Å². The van der Waals surface area contributed by atoms with Crippen LogP contribution >= 0.6 is 0 Å². The number of rotatable bonds is 5. The van der Waals surface area contributed by atoms with Crippen LogP contribution in [0.15, 0.2) is 59.1 Å². The standard InChI is InChI=1S/C19H24O5/c1-12(8-13(2)6-7-20)4-5-15-9-14-10-17(21)19(3,23)18(22)16(14)11-24-15/h4-5,8-11,13,18,20,22-23H,6-7H2,1-3H3/b5-4+,12-8-/t13-,18+,19-/m0/s1. The van der Waals surface area contributed by atoms with Gasteiger partial charge in [0.2, 0.25) is 0 Å². The van der Waals surface area contributed by atoms with Gasteiger partial charge in [-0.05, 0) is 50.0 Å². The van der Waals surface area contributed by atoms with Crippen LogP contribution in [0.5, 0.6) is 0 Å². The van der Waals surface area contributed by atoms with Gasteiger partial charge in [0.15, 0.2) is 11.4 Å². The summed E-state index contributed by atoms with van der Waals surface area (Å²) in [5, 5.41) is 29.1. The van der Waals surface area contributed by atoms with Crippen molar-refractivity contribution in [3.8, 4) is 0 Å². The number of aliphatic hydroxyl groups excluding tert-OH is 2. The molecule has 0 aromatic heterocycles. The summed E-state index contributed by atoms with van der Waals surface area (Å²) in [6.45, 7) is 5.43. The predicted molar refractivity (Wildman–Crippen MR) is 90.7 cm³/mol. The zero-order valence-corrected chi connectivity index (χ0v) is 14.2. The first-order valence-corrected chi connectivity index (χ1v) is 7.98. The van der Waals surface area contributed by atoms with E-state index in [1.54, 1.807) is 12.2 Å². The van der Waals surface area contributed by atoms with E-state index in [4.69, 9.17) is 9.84 Å². The molecule has 0 aromatic carbocycles. The molecule has 5 nitrogen and oxygen atoms in total. The molecule has 1 aliphatic carbocycles. The van der Waals surface area contributed by atoms with Crippen LogP contribution < -0.4 is 0 Å². The maximum absolute atomic E-state index is 11.9. The maximum Gasteiger partial charge on any atom is 0.190 e. The van der Waals surface area contributed by atoms with E-state index in [0.29, 0.717) is 23.3 Å². The van der Waals surface area contributed by atoms with Crippen LogP contribution in [-0.2, 0) is 9.53 Å². The first kappa shape index (κ1) is 18.4. The number of hydrogen-bond acceptors (Lipinski definition) is 5. The summed E-state index contributed by atoms with van der Waals surface area (Å²) < 4.78 is 5.47. The normalized spacial score (nSPS) is 28.8. The highest BCUT2D eigenvalue weighted by molar-refractivity contribution is 6.01. The third-order valence-corrected chi connectivity index (χ3v) is 4.21. The van der Waals surface area contributed by atoms with E-state index in [2.05, 4.69) is 6.08 Å². The Morgan fingerprint density at radius 1 is 1.46 bits per heavy atom. The van der Waals surface area contributed by atoms with Crippen molar-refractivity contribution in [3.63, 3.8) is 0 Å². The minimum atomic E-state index is -1.83. The van der Waals surface area contributed by atoms with E-state index in [1.807, 2.05) is 19.9 Å². The van der Waals surface area contributed by atoms with Crippen LogP contribution in [0.25, 0.3) is 0 Å². The first-order valence-electron chi connectivity index (χ1n) is 7.98. The molecule has 3 atom stereocenters. The van der Waals surface area contributed by atoms with Crippen LogP contribution in [0.2, 0.25) is 0 Å². The molecule has 0 unspecified atom stereocenters. The fourth-order valence-corrected chi connectivity index (χ4v) is 2.63. The van der Waals surface area contributed by atoms with Gasteiger partial charge in [-0.3, -0.25) is 4.79 Å². The van der Waals surface area contributed by atoms with E-state index in [-0.39, 0.29) is 12.5 Å². The van der Waals surface area contributed by atoms with Crippen molar-refractivity contribution in [2.45, 2.75) is 38.9 Å². The molecule has 0 bridgehead atoms. The number of carbonyl (C=O) groups is 1. The molecule has 0 saturated carbocycles. The van der Waals surface area contributed by atoms with E-state index >= 15 is 0 Å². The van der Waals surface area contributed by atoms with E-state index in [0.717, 1.165) is 5.57 Å². The summed E-state index contributed by atoms with van der Waals surface area (Å²) in [6.07, 6.45) is 9.46. The molecule has 0 saturated heterocycles. The number of ketones is 1. The average molecular weight is 332 g/mol. The molecule has 5 heteroatoms. The highest BCUT2D eigenvalue weighted by Crippen LogP contribution is 2.34. The summed E-state index contributed by atoms with van der Waals surface area (Å²) in [6, 6.07) is 0. The lowest BCUT2D eigenvalue weighted by molar-refractivity contribution is -0.140. The number of fused-ring (bicyclic) bond motifs is 1. The zero-order chi connectivity index (χ0) is 17.9. The highest BCUT2D eigenvalue weighted by atomic mass is 16.5. The molecule has 0 amide bonds. The Bertz CT molecular complexity index is 661. The molecule has 130 valence electrons. The molecule has 1 aliphatic heterocycles. The lowest BCUT2D eigenvalue weighted by Crippen LogP contribution is -2.50. The van der Waals surface area contributed by atoms with Crippen molar-refractivity contribution < 1.29 is 24.9 Å². The molecule has 1 heterocycles. The SMILES string of the molecule is CC(=C/[C@@H](C)CCO)/C=C/C1=CC2=CC(=O)[C@](C)(O)[C@H](O)C2=CO1. The minimum Gasteiger partial charge on any atom is -0.465 e. The number of carbonyl (C=O) groups excluding carboxylic acids is 1. The Labute approximate surface area is 142 Å². The fraction of sp³-hybridized carbons (Fsp3) is 0.421. The Morgan fingerprint density at radius 3 is 2.83 bits per heavy atom. The van der Waals surface area contributed by atoms with E-state index < -0.39 is 17.5 Å². The quantitative estimate of drug-likeness (QED) is 0.670. The van der Waals surface area contributed by atoms with Crippen LogP contribution in [0.3, 0.4) is 0 Å². The Kier molecular flexibility index (Phi) is 5.59. The third-order valence-electron chi connectivity index (χ3n) is 4.21. The molecular weight excluding hydrogens is 308 g/mol. The van der Waals surface area contributed by atoms with Gasteiger partial charge < -0.3 is 20.1 Å². The molecule has 2 rings (SSSR count). The Balaban J connectivity index is 2.15. The zero-order valence-electron chi connectivity index (χ0n) is 14.2. The second kappa shape index (κ2) is 7.30. The monoisotopic (exact) mass is 332 g/mol. The molecular formula is C19H24O5. The lowest BCUT2D eigenvalue weighted by atomic mass is 9.79. The van der Waals surface area contributed by atoms with Crippen LogP contribution in [0, 0.1) is 5.92 Å². The second-order valence-electron chi connectivity index (χ2n) is 6.49. The van der Waals surface area contributed by atoms with Crippen LogP contribution in [-0.4, -0.2) is 39.4 Å². The number of hydrogen-bond donors (Lipinski definition) is 3. The van der Waals surface area contributed by atoms with Crippen molar-refractivity contribution in [2.75, 3.05) is 6.61 Å². The molecule has 0 spiro atoms. The number of aliphatic hydroxyl groups is 3. The topological polar surface area (TPSA) is 87.0 Å². The maximum atomic E-state index is 11.9. The summed E-state index contributed by atoms with van der Waals surface area (Å²) in [7, 11) is 0. The van der Waals surface area contributed by atoms with Crippen molar-refractivity contribution >= 4 is 5.78 Å². The average Bonchev–Trinajstić information content (AvgIpc) is 2.51. The predicted octanol–water partition coefficient (Wildman–Crippen LogP) is 1.93. The fourth-order valence-electron chi connectivity index (χ4n) is 2.63. The molecule has 0 fully saturated rings.